The van der Waals surface area contributed by atoms with Crippen molar-refractivity contribution in [2.24, 2.45) is 0 Å². The number of aryl methyl sites for hydroxylation is 2. The summed E-state index contributed by atoms with van der Waals surface area (Å²) in [7, 11) is 0. The van der Waals surface area contributed by atoms with Gasteiger partial charge in [0.05, 0.1) is 22.6 Å². The normalized spacial score (nSPS) is 11.9. The second kappa shape index (κ2) is 8.51. The van der Waals surface area contributed by atoms with Crippen molar-refractivity contribution >= 4 is 21.8 Å². The maximum Gasteiger partial charge on any atom is 0.416 e. The summed E-state index contributed by atoms with van der Waals surface area (Å²) in [5.41, 5.74) is 5.83. The molecule has 0 radical (unpaired) electrons. The van der Waals surface area contributed by atoms with Crippen molar-refractivity contribution < 1.29 is 13.2 Å². The Balaban J connectivity index is 1.63. The SMILES string of the molecule is Cc1ccc(C(F)(F)F)cc1-c1nccc2c(-c3ncccc3-c3ncnc4[nH]ccc34)c(C)ccc12. The number of aromatic nitrogens is 5. The lowest BCUT2D eigenvalue weighted by Crippen LogP contribution is -2.05. The molecule has 4 aromatic heterocycles. The Morgan fingerprint density at radius 2 is 1.46 bits per heavy atom. The van der Waals surface area contributed by atoms with Crippen LogP contribution in [0.5, 0.6) is 0 Å². The number of fused-ring (bicyclic) bond motifs is 2. The Bertz CT molecular complexity index is 1800. The molecule has 0 amide bonds. The minimum absolute atomic E-state index is 0.446. The Labute approximate surface area is 210 Å². The average Bonchev–Trinajstić information content (AvgIpc) is 3.37. The van der Waals surface area contributed by atoms with E-state index in [0.29, 0.717) is 16.8 Å². The summed E-state index contributed by atoms with van der Waals surface area (Å²) >= 11 is 0. The van der Waals surface area contributed by atoms with Crippen LogP contribution in [0, 0.1) is 13.8 Å². The van der Waals surface area contributed by atoms with Crippen LogP contribution in [0.15, 0.2) is 79.5 Å². The highest BCUT2D eigenvalue weighted by molar-refractivity contribution is 6.07. The summed E-state index contributed by atoms with van der Waals surface area (Å²) in [4.78, 5) is 21.3. The Kier molecular flexibility index (Phi) is 5.26. The van der Waals surface area contributed by atoms with E-state index in [1.807, 2.05) is 49.5 Å². The number of hydrogen-bond acceptors (Lipinski definition) is 4. The van der Waals surface area contributed by atoms with Gasteiger partial charge in [-0.25, -0.2) is 9.97 Å². The molecule has 5 nitrogen and oxygen atoms in total. The van der Waals surface area contributed by atoms with Crippen molar-refractivity contribution in [1.82, 2.24) is 24.9 Å². The summed E-state index contributed by atoms with van der Waals surface area (Å²) in [5.74, 6) is 0. The van der Waals surface area contributed by atoms with Gasteiger partial charge in [-0.3, -0.25) is 9.97 Å². The number of pyridine rings is 2. The highest BCUT2D eigenvalue weighted by atomic mass is 19.4. The highest BCUT2D eigenvalue weighted by Crippen LogP contribution is 2.41. The van der Waals surface area contributed by atoms with E-state index in [-0.39, 0.29) is 0 Å². The molecule has 0 spiro atoms. The topological polar surface area (TPSA) is 67.3 Å². The maximum absolute atomic E-state index is 13.5. The van der Waals surface area contributed by atoms with Gasteiger partial charge >= 0.3 is 6.18 Å². The van der Waals surface area contributed by atoms with E-state index < -0.39 is 11.7 Å². The predicted octanol–water partition coefficient (Wildman–Crippen LogP) is 7.54. The van der Waals surface area contributed by atoms with E-state index >= 15 is 0 Å². The predicted molar refractivity (Wildman–Crippen MR) is 138 cm³/mol. The third-order valence-electron chi connectivity index (χ3n) is 6.63. The Hall–Kier alpha value is -4.59. The fourth-order valence-electron chi connectivity index (χ4n) is 4.83. The van der Waals surface area contributed by atoms with Gasteiger partial charge in [0, 0.05) is 46.1 Å². The summed E-state index contributed by atoms with van der Waals surface area (Å²) in [5, 5.41) is 2.47. The smallest absolute Gasteiger partial charge is 0.346 e. The van der Waals surface area contributed by atoms with Crippen molar-refractivity contribution in [3.8, 4) is 33.8 Å². The fourth-order valence-corrected chi connectivity index (χ4v) is 4.83. The van der Waals surface area contributed by atoms with Gasteiger partial charge in [-0.2, -0.15) is 13.2 Å². The molecule has 6 rings (SSSR count). The zero-order valence-electron chi connectivity index (χ0n) is 19.9. The van der Waals surface area contributed by atoms with Crippen LogP contribution in [0.3, 0.4) is 0 Å². The first-order valence-electron chi connectivity index (χ1n) is 11.6. The van der Waals surface area contributed by atoms with Gasteiger partial charge in [0.1, 0.15) is 12.0 Å². The molecule has 2 aromatic carbocycles. The number of H-pyrrole nitrogens is 1. The monoisotopic (exact) mass is 495 g/mol. The van der Waals surface area contributed by atoms with E-state index in [1.54, 1.807) is 19.3 Å². The quantitative estimate of drug-likeness (QED) is 0.275. The minimum Gasteiger partial charge on any atom is -0.346 e. The molecule has 0 aliphatic carbocycles. The van der Waals surface area contributed by atoms with Gasteiger partial charge < -0.3 is 4.98 Å². The van der Waals surface area contributed by atoms with Crippen molar-refractivity contribution in [1.29, 1.82) is 0 Å². The third kappa shape index (κ3) is 3.81. The molecule has 0 aliphatic heterocycles. The molecule has 0 saturated heterocycles. The largest absolute Gasteiger partial charge is 0.416 e. The summed E-state index contributed by atoms with van der Waals surface area (Å²) in [6, 6.07) is 15.3. The zero-order valence-corrected chi connectivity index (χ0v) is 19.9. The van der Waals surface area contributed by atoms with Crippen LogP contribution >= 0.6 is 0 Å². The number of alkyl halides is 3. The molecule has 0 unspecified atom stereocenters. The van der Waals surface area contributed by atoms with E-state index in [9.17, 15) is 13.2 Å². The maximum atomic E-state index is 13.5. The molecule has 6 aromatic rings. The molecule has 0 saturated carbocycles. The van der Waals surface area contributed by atoms with Gasteiger partial charge in [-0.1, -0.05) is 18.2 Å². The van der Waals surface area contributed by atoms with Gasteiger partial charge in [-0.05, 0) is 66.8 Å². The first kappa shape index (κ1) is 22.8. The zero-order chi connectivity index (χ0) is 25.7. The number of rotatable bonds is 3. The number of halogens is 3. The molecule has 182 valence electrons. The van der Waals surface area contributed by atoms with Crippen LogP contribution in [0.1, 0.15) is 16.7 Å². The van der Waals surface area contributed by atoms with E-state index in [1.165, 1.54) is 18.5 Å². The third-order valence-corrected chi connectivity index (χ3v) is 6.63. The van der Waals surface area contributed by atoms with Gasteiger partial charge in [0.15, 0.2) is 0 Å². The average molecular weight is 496 g/mol. The lowest BCUT2D eigenvalue weighted by atomic mass is 9.91. The standard InChI is InChI=1S/C29H20F3N5/c1-16-5-7-18(29(30,31)32)14-23(16)25-20-8-6-17(2)24(19(20)9-12-34-25)27-21(4-3-11-33-27)26-22-10-13-35-28(22)37-15-36-26/h3-15H,1-2H3,(H,35,36,37). The molecular weight excluding hydrogens is 475 g/mol. The summed E-state index contributed by atoms with van der Waals surface area (Å²) in [6.45, 7) is 3.79. The molecule has 0 atom stereocenters. The van der Waals surface area contributed by atoms with Crippen molar-refractivity contribution in [3.63, 3.8) is 0 Å². The highest BCUT2D eigenvalue weighted by Gasteiger charge is 2.31. The Morgan fingerprint density at radius 1 is 0.676 bits per heavy atom. The minimum atomic E-state index is -4.45. The van der Waals surface area contributed by atoms with Gasteiger partial charge in [-0.15, -0.1) is 0 Å². The molecule has 1 N–H and O–H groups in total. The number of hydrogen-bond donors (Lipinski definition) is 1. The fraction of sp³-hybridized carbons (Fsp3) is 0.103. The second-order valence-corrected chi connectivity index (χ2v) is 8.90. The Morgan fingerprint density at radius 3 is 2.30 bits per heavy atom. The number of nitrogens with zero attached hydrogens (tertiary/aromatic N) is 4. The lowest BCUT2D eigenvalue weighted by molar-refractivity contribution is -0.137. The van der Waals surface area contributed by atoms with Crippen molar-refractivity contribution in [3.05, 3.63) is 96.2 Å². The number of aromatic amines is 1. The molecule has 37 heavy (non-hydrogen) atoms. The first-order chi connectivity index (χ1) is 17.8. The molecule has 0 fully saturated rings. The lowest BCUT2D eigenvalue weighted by Gasteiger charge is -2.17. The van der Waals surface area contributed by atoms with Crippen LogP contribution < -0.4 is 0 Å². The van der Waals surface area contributed by atoms with Gasteiger partial charge in [0.25, 0.3) is 0 Å². The molecular formula is C29H20F3N5. The molecule has 4 heterocycles. The summed E-state index contributed by atoms with van der Waals surface area (Å²) < 4.78 is 40.6. The van der Waals surface area contributed by atoms with Crippen molar-refractivity contribution in [2.45, 2.75) is 20.0 Å². The molecule has 8 heteroatoms. The molecule has 0 bridgehead atoms. The van der Waals surface area contributed by atoms with Crippen molar-refractivity contribution in [2.75, 3.05) is 0 Å². The molecule has 0 aliphatic rings. The van der Waals surface area contributed by atoms with Crippen LogP contribution in [-0.2, 0) is 6.18 Å². The first-order valence-corrected chi connectivity index (χ1v) is 11.6. The van der Waals surface area contributed by atoms with E-state index in [4.69, 9.17) is 4.98 Å². The van der Waals surface area contributed by atoms with Gasteiger partial charge in [0.2, 0.25) is 0 Å². The van der Waals surface area contributed by atoms with E-state index in [0.717, 1.165) is 56.0 Å². The number of nitrogens with one attached hydrogen (secondary N) is 1. The summed E-state index contributed by atoms with van der Waals surface area (Å²) in [6.07, 6.45) is 2.25. The van der Waals surface area contributed by atoms with E-state index in [2.05, 4.69) is 19.9 Å². The number of benzene rings is 2. The second-order valence-electron chi connectivity index (χ2n) is 8.90. The van der Waals surface area contributed by atoms with Crippen LogP contribution in [0.4, 0.5) is 13.2 Å². The van der Waals surface area contributed by atoms with Crippen LogP contribution in [-0.4, -0.2) is 24.9 Å². The van der Waals surface area contributed by atoms with Crippen LogP contribution in [0.25, 0.3) is 55.6 Å². The van der Waals surface area contributed by atoms with Crippen LogP contribution in [0.2, 0.25) is 0 Å².